The lowest BCUT2D eigenvalue weighted by molar-refractivity contribution is 0.0326. The Bertz CT molecular complexity index is 534. The van der Waals surface area contributed by atoms with E-state index in [1.807, 2.05) is 27.7 Å². The van der Waals surface area contributed by atoms with Gasteiger partial charge >= 0.3 is 5.97 Å². The van der Waals surface area contributed by atoms with Crippen molar-refractivity contribution >= 4 is 34.6 Å². The minimum atomic E-state index is -0.396. The van der Waals surface area contributed by atoms with E-state index in [1.165, 1.54) is 11.8 Å². The normalized spacial score (nSPS) is 13.3. The minimum Gasteiger partial charge on any atom is -0.459 e. The van der Waals surface area contributed by atoms with E-state index in [-0.39, 0.29) is 16.6 Å². The molecule has 1 aromatic carbocycles. The van der Waals surface area contributed by atoms with Crippen LogP contribution in [-0.2, 0) is 4.74 Å². The first kappa shape index (κ1) is 19.8. The summed E-state index contributed by atoms with van der Waals surface area (Å²) in [6, 6.07) is 6.67. The van der Waals surface area contributed by atoms with Crippen LogP contribution in [0.4, 0.5) is 4.79 Å². The summed E-state index contributed by atoms with van der Waals surface area (Å²) >= 11 is 7.16. The number of thioether (sulfide) groups is 1. The predicted molar refractivity (Wildman–Crippen MR) is 96.3 cm³/mol. The molecule has 0 saturated carbocycles. The molecule has 6 heteroatoms. The van der Waals surface area contributed by atoms with Crippen molar-refractivity contribution in [3.63, 3.8) is 0 Å². The van der Waals surface area contributed by atoms with Gasteiger partial charge in [-0.1, -0.05) is 36.4 Å². The Morgan fingerprint density at radius 3 is 2.48 bits per heavy atom. The number of carbonyl (C=O) groups excluding carboxylic acids is 2. The molecule has 1 amide bonds. The highest BCUT2D eigenvalue weighted by molar-refractivity contribution is 8.14. The molecule has 0 radical (unpaired) electrons. The van der Waals surface area contributed by atoms with Gasteiger partial charge in [0.25, 0.3) is 5.24 Å². The van der Waals surface area contributed by atoms with Gasteiger partial charge in [-0.05, 0) is 45.4 Å². The molecule has 23 heavy (non-hydrogen) atoms. The first-order chi connectivity index (χ1) is 10.9. The third kappa shape index (κ3) is 6.83. The standard InChI is InChI=1S/C17H24ClNO3S/c1-5-19(6-2)17(21)23-13(4)10-12(3)22-16(20)14-8-7-9-15(18)11-14/h7-9,11-13H,5-6,10H2,1-4H3. The third-order valence-electron chi connectivity index (χ3n) is 3.36. The summed E-state index contributed by atoms with van der Waals surface area (Å²) in [4.78, 5) is 25.9. The van der Waals surface area contributed by atoms with Crippen molar-refractivity contribution in [3.8, 4) is 0 Å². The van der Waals surface area contributed by atoms with Crippen molar-refractivity contribution in [3.05, 3.63) is 34.9 Å². The summed E-state index contributed by atoms with van der Waals surface area (Å²) in [6.45, 7) is 9.13. The monoisotopic (exact) mass is 357 g/mol. The molecule has 0 aromatic heterocycles. The summed E-state index contributed by atoms with van der Waals surface area (Å²) < 4.78 is 5.42. The maximum Gasteiger partial charge on any atom is 0.338 e. The van der Waals surface area contributed by atoms with Crippen molar-refractivity contribution < 1.29 is 14.3 Å². The fraction of sp³-hybridized carbons (Fsp3) is 0.529. The highest BCUT2D eigenvalue weighted by Gasteiger charge is 2.19. The van der Waals surface area contributed by atoms with Gasteiger partial charge in [0.1, 0.15) is 6.10 Å². The van der Waals surface area contributed by atoms with Crippen molar-refractivity contribution in [1.82, 2.24) is 4.90 Å². The van der Waals surface area contributed by atoms with Gasteiger partial charge in [-0.15, -0.1) is 0 Å². The second kappa shape index (κ2) is 9.83. The molecule has 0 saturated heterocycles. The van der Waals surface area contributed by atoms with E-state index in [2.05, 4.69) is 0 Å². The van der Waals surface area contributed by atoms with E-state index < -0.39 is 5.97 Å². The Morgan fingerprint density at radius 2 is 1.91 bits per heavy atom. The second-order valence-corrected chi connectivity index (χ2v) is 7.15. The van der Waals surface area contributed by atoms with Crippen LogP contribution >= 0.6 is 23.4 Å². The molecule has 0 bridgehead atoms. The zero-order chi connectivity index (χ0) is 17.4. The SMILES string of the molecule is CCN(CC)C(=O)SC(C)CC(C)OC(=O)c1cccc(Cl)c1. The Labute approximate surface area is 147 Å². The molecule has 2 atom stereocenters. The quantitative estimate of drug-likeness (QED) is 0.654. The second-order valence-electron chi connectivity index (χ2n) is 5.33. The van der Waals surface area contributed by atoms with Crippen LogP contribution in [0.1, 0.15) is 44.5 Å². The van der Waals surface area contributed by atoms with E-state index in [0.29, 0.717) is 30.1 Å². The van der Waals surface area contributed by atoms with Gasteiger partial charge in [0.2, 0.25) is 0 Å². The maximum absolute atomic E-state index is 12.0. The van der Waals surface area contributed by atoms with E-state index >= 15 is 0 Å². The number of nitrogens with zero attached hydrogens (tertiary/aromatic N) is 1. The van der Waals surface area contributed by atoms with Crippen molar-refractivity contribution in [2.45, 2.75) is 45.5 Å². The Morgan fingerprint density at radius 1 is 1.26 bits per heavy atom. The molecule has 1 rings (SSSR count). The van der Waals surface area contributed by atoms with E-state index in [0.717, 1.165) is 0 Å². The number of hydrogen-bond donors (Lipinski definition) is 0. The molecule has 0 spiro atoms. The van der Waals surface area contributed by atoms with Crippen LogP contribution in [0.3, 0.4) is 0 Å². The third-order valence-corrected chi connectivity index (χ3v) is 4.65. The van der Waals surface area contributed by atoms with Gasteiger partial charge < -0.3 is 9.64 Å². The van der Waals surface area contributed by atoms with Gasteiger partial charge in [0.05, 0.1) is 5.56 Å². The molecule has 0 fully saturated rings. The van der Waals surface area contributed by atoms with Crippen LogP contribution < -0.4 is 0 Å². The van der Waals surface area contributed by atoms with Crippen LogP contribution in [0.5, 0.6) is 0 Å². The summed E-state index contributed by atoms with van der Waals surface area (Å²) in [5.41, 5.74) is 0.434. The average Bonchev–Trinajstić information content (AvgIpc) is 2.47. The van der Waals surface area contributed by atoms with Crippen molar-refractivity contribution in [1.29, 1.82) is 0 Å². The minimum absolute atomic E-state index is 0.0656. The van der Waals surface area contributed by atoms with E-state index in [9.17, 15) is 9.59 Å². The van der Waals surface area contributed by atoms with Crippen molar-refractivity contribution in [2.75, 3.05) is 13.1 Å². The largest absolute Gasteiger partial charge is 0.459 e. The Hall–Kier alpha value is -1.20. The highest BCUT2D eigenvalue weighted by Crippen LogP contribution is 2.21. The van der Waals surface area contributed by atoms with Gasteiger partial charge in [-0.2, -0.15) is 0 Å². The summed E-state index contributed by atoms with van der Waals surface area (Å²) in [5, 5.41) is 0.641. The molecule has 2 unspecified atom stereocenters. The molecule has 1 aromatic rings. The van der Waals surface area contributed by atoms with Crippen LogP contribution in [0, 0.1) is 0 Å². The van der Waals surface area contributed by atoms with Crippen LogP contribution in [-0.4, -0.2) is 40.6 Å². The van der Waals surface area contributed by atoms with E-state index in [1.54, 1.807) is 29.2 Å². The molecule has 128 valence electrons. The Balaban J connectivity index is 2.48. The van der Waals surface area contributed by atoms with Gasteiger partial charge in [0, 0.05) is 23.4 Å². The molecule has 0 N–H and O–H groups in total. The number of halogens is 1. The summed E-state index contributed by atoms with van der Waals surface area (Å²) in [5.74, 6) is -0.396. The van der Waals surface area contributed by atoms with Crippen LogP contribution in [0.15, 0.2) is 24.3 Å². The number of rotatable bonds is 7. The maximum atomic E-state index is 12.0. The number of benzene rings is 1. The van der Waals surface area contributed by atoms with Crippen LogP contribution in [0.25, 0.3) is 0 Å². The Kier molecular flexibility index (Phi) is 8.48. The summed E-state index contributed by atoms with van der Waals surface area (Å²) in [7, 11) is 0. The van der Waals surface area contributed by atoms with Crippen molar-refractivity contribution in [2.24, 2.45) is 0 Å². The number of amides is 1. The zero-order valence-corrected chi connectivity index (χ0v) is 15.6. The fourth-order valence-corrected chi connectivity index (χ4v) is 3.47. The zero-order valence-electron chi connectivity index (χ0n) is 14.0. The molecule has 4 nitrogen and oxygen atoms in total. The van der Waals surface area contributed by atoms with Crippen LogP contribution in [0.2, 0.25) is 5.02 Å². The molecular weight excluding hydrogens is 334 g/mol. The lowest BCUT2D eigenvalue weighted by Gasteiger charge is -2.22. The smallest absolute Gasteiger partial charge is 0.338 e. The summed E-state index contributed by atoms with van der Waals surface area (Å²) in [6.07, 6.45) is 0.345. The molecule has 0 aliphatic heterocycles. The number of ether oxygens (including phenoxy) is 1. The first-order valence-corrected chi connectivity index (χ1v) is 9.05. The lowest BCUT2D eigenvalue weighted by Crippen LogP contribution is -2.29. The average molecular weight is 358 g/mol. The number of hydrogen-bond acceptors (Lipinski definition) is 4. The topological polar surface area (TPSA) is 46.6 Å². The predicted octanol–water partition coefficient (Wildman–Crippen LogP) is 4.86. The highest BCUT2D eigenvalue weighted by atomic mass is 35.5. The van der Waals surface area contributed by atoms with Gasteiger partial charge in [-0.25, -0.2) is 4.79 Å². The molecule has 0 aliphatic rings. The fourth-order valence-electron chi connectivity index (χ4n) is 2.16. The number of carbonyl (C=O) groups is 2. The first-order valence-electron chi connectivity index (χ1n) is 7.79. The van der Waals surface area contributed by atoms with E-state index in [4.69, 9.17) is 16.3 Å². The molecular formula is C17H24ClNO3S. The number of esters is 1. The van der Waals surface area contributed by atoms with Gasteiger partial charge in [0.15, 0.2) is 0 Å². The lowest BCUT2D eigenvalue weighted by atomic mass is 10.2. The molecule has 0 heterocycles. The molecule has 0 aliphatic carbocycles. The van der Waals surface area contributed by atoms with Gasteiger partial charge in [-0.3, -0.25) is 4.79 Å².